The summed E-state index contributed by atoms with van der Waals surface area (Å²) in [4.78, 5) is 11.1. The highest BCUT2D eigenvalue weighted by molar-refractivity contribution is 7.89. The van der Waals surface area contributed by atoms with Crippen molar-refractivity contribution in [1.82, 2.24) is 9.29 Å². The molecule has 1 aliphatic rings. The minimum Gasteiger partial charge on any atom is -0.481 e. The maximum atomic E-state index is 13.1. The summed E-state index contributed by atoms with van der Waals surface area (Å²) in [5.41, 5.74) is 4.26. The topological polar surface area (TPSA) is 88.4 Å². The Balaban J connectivity index is 1.65. The van der Waals surface area contributed by atoms with Crippen LogP contribution in [0.1, 0.15) is 35.6 Å². The number of sulfonamides is 1. The molecule has 0 fully saturated rings. The Bertz CT molecular complexity index is 1220. The lowest BCUT2D eigenvalue weighted by atomic mass is 9.83. The molecule has 0 spiro atoms. The zero-order valence-corrected chi connectivity index (χ0v) is 17.4. The highest BCUT2D eigenvalue weighted by Crippen LogP contribution is 2.40. The lowest BCUT2D eigenvalue weighted by Gasteiger charge is -2.24. The van der Waals surface area contributed by atoms with Gasteiger partial charge in [-0.15, -0.1) is 0 Å². The number of hydrogen-bond acceptors (Lipinski definition) is 3. The van der Waals surface area contributed by atoms with Gasteiger partial charge in [0, 0.05) is 35.6 Å². The highest BCUT2D eigenvalue weighted by Gasteiger charge is 2.29. The summed E-state index contributed by atoms with van der Waals surface area (Å²) in [6, 6.07) is 10.8. The van der Waals surface area contributed by atoms with Gasteiger partial charge in [0.1, 0.15) is 5.82 Å². The van der Waals surface area contributed by atoms with Crippen LogP contribution in [0.4, 0.5) is 4.39 Å². The third-order valence-corrected chi connectivity index (χ3v) is 7.29. The number of nitrogens with zero attached hydrogens (tertiary/aromatic N) is 1. The van der Waals surface area contributed by atoms with Crippen LogP contribution in [-0.4, -0.2) is 30.6 Å². The molecule has 2 N–H and O–H groups in total. The van der Waals surface area contributed by atoms with Crippen molar-refractivity contribution in [3.8, 4) is 0 Å². The smallest absolute Gasteiger partial charge is 0.305 e. The molecule has 0 bridgehead atoms. The van der Waals surface area contributed by atoms with Crippen molar-refractivity contribution in [2.45, 2.75) is 43.5 Å². The van der Waals surface area contributed by atoms with E-state index in [9.17, 15) is 17.6 Å². The first kappa shape index (κ1) is 20.6. The van der Waals surface area contributed by atoms with Crippen LogP contribution < -0.4 is 4.72 Å². The van der Waals surface area contributed by atoms with Crippen molar-refractivity contribution in [3.05, 3.63) is 65.1 Å². The lowest BCUT2D eigenvalue weighted by Crippen LogP contribution is -2.30. The SMILES string of the molecule is Cc1c2c3c(cccc3n1CCC(=O)O)CCC2CNS(=O)(=O)c1ccc(F)cc1. The van der Waals surface area contributed by atoms with Crippen LogP contribution in [0.2, 0.25) is 0 Å². The molecule has 1 aliphatic carbocycles. The first-order chi connectivity index (χ1) is 14.3. The van der Waals surface area contributed by atoms with E-state index in [-0.39, 0.29) is 23.8 Å². The summed E-state index contributed by atoms with van der Waals surface area (Å²) >= 11 is 0. The second-order valence-corrected chi connectivity index (χ2v) is 9.41. The van der Waals surface area contributed by atoms with Crippen LogP contribution >= 0.6 is 0 Å². The van der Waals surface area contributed by atoms with Crippen molar-refractivity contribution in [1.29, 1.82) is 0 Å². The number of rotatable bonds is 7. The van der Waals surface area contributed by atoms with E-state index in [1.54, 1.807) is 0 Å². The van der Waals surface area contributed by atoms with Crippen LogP contribution in [0.25, 0.3) is 10.9 Å². The van der Waals surface area contributed by atoms with Gasteiger partial charge in [-0.25, -0.2) is 17.5 Å². The van der Waals surface area contributed by atoms with Gasteiger partial charge in [-0.05, 0) is 61.2 Å². The summed E-state index contributed by atoms with van der Waals surface area (Å²) in [6.07, 6.45) is 1.65. The normalized spacial score (nSPS) is 16.1. The summed E-state index contributed by atoms with van der Waals surface area (Å²) in [7, 11) is -3.75. The molecule has 0 saturated heterocycles. The van der Waals surface area contributed by atoms with Gasteiger partial charge >= 0.3 is 5.97 Å². The number of hydrogen-bond donors (Lipinski definition) is 2. The van der Waals surface area contributed by atoms with Crippen molar-refractivity contribution >= 4 is 26.9 Å². The van der Waals surface area contributed by atoms with Crippen molar-refractivity contribution in [2.24, 2.45) is 0 Å². The Morgan fingerprint density at radius 1 is 1.23 bits per heavy atom. The van der Waals surface area contributed by atoms with Crippen molar-refractivity contribution < 1.29 is 22.7 Å². The van der Waals surface area contributed by atoms with E-state index in [1.165, 1.54) is 17.7 Å². The van der Waals surface area contributed by atoms with E-state index in [0.29, 0.717) is 6.54 Å². The molecule has 1 aromatic heterocycles. The van der Waals surface area contributed by atoms with Gasteiger partial charge < -0.3 is 9.67 Å². The molecule has 6 nitrogen and oxygen atoms in total. The molecular weight excluding hydrogens is 407 g/mol. The third-order valence-electron chi connectivity index (χ3n) is 5.85. The Hall–Kier alpha value is -2.71. The predicted octanol–water partition coefficient (Wildman–Crippen LogP) is 3.57. The summed E-state index contributed by atoms with van der Waals surface area (Å²) in [5, 5.41) is 10.2. The molecule has 1 atom stereocenters. The van der Waals surface area contributed by atoms with Crippen LogP contribution in [0.5, 0.6) is 0 Å². The van der Waals surface area contributed by atoms with Crippen molar-refractivity contribution in [3.63, 3.8) is 0 Å². The monoisotopic (exact) mass is 430 g/mol. The van der Waals surface area contributed by atoms with Gasteiger partial charge in [0.05, 0.1) is 11.3 Å². The molecular formula is C22H23FN2O4S. The zero-order valence-electron chi connectivity index (χ0n) is 16.6. The van der Waals surface area contributed by atoms with Gasteiger partial charge in [0.15, 0.2) is 0 Å². The Morgan fingerprint density at radius 3 is 2.67 bits per heavy atom. The number of benzene rings is 2. The quantitative estimate of drug-likeness (QED) is 0.600. The van der Waals surface area contributed by atoms with E-state index in [2.05, 4.69) is 10.8 Å². The molecule has 1 unspecified atom stereocenters. The van der Waals surface area contributed by atoms with Crippen LogP contribution in [0.15, 0.2) is 47.4 Å². The van der Waals surface area contributed by atoms with Crippen LogP contribution in [-0.2, 0) is 27.8 Å². The molecule has 0 saturated carbocycles. The number of carboxylic acids is 1. The molecule has 0 aliphatic heterocycles. The van der Waals surface area contributed by atoms with Crippen LogP contribution in [0, 0.1) is 12.7 Å². The standard InChI is InChI=1S/C22H23FN2O4S/c1-14-21-16(13-24-30(28,29)18-9-7-17(23)8-10-18)6-5-15-3-2-4-19(22(15)21)25(14)12-11-20(26)27/h2-4,7-10,16,24H,5-6,11-13H2,1H3,(H,26,27). The highest BCUT2D eigenvalue weighted by atomic mass is 32.2. The minimum atomic E-state index is -3.75. The number of carboxylic acid groups (broad SMARTS) is 1. The summed E-state index contributed by atoms with van der Waals surface area (Å²) in [6.45, 7) is 2.57. The molecule has 2 aromatic carbocycles. The number of nitrogens with one attached hydrogen (secondary N) is 1. The second kappa shape index (κ2) is 7.85. The number of aryl methyl sites for hydroxylation is 2. The fourth-order valence-electron chi connectivity index (χ4n) is 4.42. The zero-order chi connectivity index (χ0) is 21.5. The van der Waals surface area contributed by atoms with Gasteiger partial charge in [-0.1, -0.05) is 12.1 Å². The molecule has 1 heterocycles. The number of aliphatic carboxylic acids is 1. The molecule has 3 aromatic rings. The fourth-order valence-corrected chi connectivity index (χ4v) is 5.50. The molecule has 8 heteroatoms. The van der Waals surface area contributed by atoms with Crippen LogP contribution in [0.3, 0.4) is 0 Å². The van der Waals surface area contributed by atoms with Gasteiger partial charge in [-0.3, -0.25) is 4.79 Å². The van der Waals surface area contributed by atoms with Gasteiger partial charge in [0.2, 0.25) is 10.0 Å². The molecule has 0 radical (unpaired) electrons. The summed E-state index contributed by atoms with van der Waals surface area (Å²) < 4.78 is 43.1. The van der Waals surface area contributed by atoms with E-state index in [1.807, 2.05) is 23.6 Å². The van der Waals surface area contributed by atoms with Gasteiger partial charge in [-0.2, -0.15) is 0 Å². The lowest BCUT2D eigenvalue weighted by molar-refractivity contribution is -0.137. The number of aromatic nitrogens is 1. The largest absolute Gasteiger partial charge is 0.481 e. The van der Waals surface area contributed by atoms with E-state index >= 15 is 0 Å². The molecule has 30 heavy (non-hydrogen) atoms. The molecule has 158 valence electrons. The maximum absolute atomic E-state index is 13.1. The summed E-state index contributed by atoms with van der Waals surface area (Å²) in [5.74, 6) is -1.37. The molecule has 4 rings (SSSR count). The van der Waals surface area contributed by atoms with E-state index in [0.717, 1.165) is 47.1 Å². The first-order valence-corrected chi connectivity index (χ1v) is 11.3. The fraction of sp³-hybridized carbons (Fsp3) is 0.318. The average Bonchev–Trinajstić information content (AvgIpc) is 3.00. The Kier molecular flexibility index (Phi) is 5.38. The van der Waals surface area contributed by atoms with Crippen molar-refractivity contribution in [2.75, 3.05) is 6.54 Å². The average molecular weight is 431 g/mol. The number of halogens is 1. The second-order valence-electron chi connectivity index (χ2n) is 7.65. The number of carbonyl (C=O) groups is 1. The Morgan fingerprint density at radius 2 is 1.97 bits per heavy atom. The van der Waals surface area contributed by atoms with E-state index < -0.39 is 21.8 Å². The predicted molar refractivity (Wildman–Crippen MR) is 112 cm³/mol. The van der Waals surface area contributed by atoms with E-state index in [4.69, 9.17) is 5.11 Å². The maximum Gasteiger partial charge on any atom is 0.305 e. The molecule has 0 amide bonds. The Labute approximate surface area is 174 Å². The van der Waals surface area contributed by atoms with Gasteiger partial charge in [0.25, 0.3) is 0 Å². The third kappa shape index (κ3) is 3.73. The first-order valence-electron chi connectivity index (χ1n) is 9.85. The minimum absolute atomic E-state index is 0.0240.